The summed E-state index contributed by atoms with van der Waals surface area (Å²) in [5.74, 6) is 0. The monoisotopic (exact) mass is 636 g/mol. The minimum Gasteiger partial charge on any atom is -0.0616 e. The third-order valence-electron chi connectivity index (χ3n) is 11.0. The summed E-state index contributed by atoms with van der Waals surface area (Å²) in [6.45, 7) is 6.93. The molecular weight excluding hydrogens is 601 g/mol. The summed E-state index contributed by atoms with van der Waals surface area (Å²) in [6.07, 6.45) is 0. The average molecular weight is 637 g/mol. The van der Waals surface area contributed by atoms with Crippen LogP contribution in [-0.4, -0.2) is 0 Å². The van der Waals surface area contributed by atoms with Gasteiger partial charge in [0.15, 0.2) is 0 Å². The van der Waals surface area contributed by atoms with Gasteiger partial charge < -0.3 is 0 Å². The van der Waals surface area contributed by atoms with Crippen molar-refractivity contribution < 1.29 is 0 Å². The maximum absolute atomic E-state index is 2.45. The summed E-state index contributed by atoms with van der Waals surface area (Å²) in [5, 5.41) is 10.4. The third kappa shape index (κ3) is 4.31. The van der Waals surface area contributed by atoms with Gasteiger partial charge in [-0.15, -0.1) is 0 Å². The molecule has 0 radical (unpaired) electrons. The van der Waals surface area contributed by atoms with Gasteiger partial charge in [0.1, 0.15) is 0 Å². The Morgan fingerprint density at radius 1 is 0.320 bits per heavy atom. The molecule has 9 aromatic carbocycles. The van der Waals surface area contributed by atoms with E-state index in [9.17, 15) is 0 Å². The van der Waals surface area contributed by atoms with Gasteiger partial charge >= 0.3 is 0 Å². The first-order valence-electron chi connectivity index (χ1n) is 17.7. The van der Waals surface area contributed by atoms with Crippen LogP contribution in [0, 0.1) is 0 Å². The van der Waals surface area contributed by atoms with Crippen LogP contribution in [0.5, 0.6) is 0 Å². The fraction of sp³-hybridized carbons (Fsp3) is 0.0800. The lowest BCUT2D eigenvalue weighted by Crippen LogP contribution is -2.10. The van der Waals surface area contributed by atoms with Gasteiger partial charge in [-0.1, -0.05) is 172 Å². The zero-order valence-corrected chi connectivity index (χ0v) is 28.6. The van der Waals surface area contributed by atoms with Crippen molar-refractivity contribution in [3.05, 3.63) is 169 Å². The smallest absolute Gasteiger partial charge is 0.00201 e. The lowest BCUT2D eigenvalue weighted by Gasteiger charge is -2.23. The zero-order valence-electron chi connectivity index (χ0n) is 28.6. The van der Waals surface area contributed by atoms with E-state index in [1.807, 2.05) is 0 Å². The Bertz CT molecular complexity index is 2800. The second-order valence-electron chi connectivity index (χ2n) is 14.9. The van der Waals surface area contributed by atoms with Crippen LogP contribution in [0.15, 0.2) is 164 Å². The van der Waals surface area contributed by atoms with Crippen LogP contribution in [0.3, 0.4) is 0 Å². The molecule has 10 rings (SSSR count). The van der Waals surface area contributed by atoms with E-state index in [2.05, 4.69) is 185 Å². The van der Waals surface area contributed by atoms with Crippen molar-refractivity contribution in [3.63, 3.8) is 0 Å². The van der Waals surface area contributed by atoms with Gasteiger partial charge in [0, 0.05) is 0 Å². The minimum absolute atomic E-state index is 0.0273. The molecule has 0 aliphatic heterocycles. The van der Waals surface area contributed by atoms with Gasteiger partial charge in [-0.3, -0.25) is 0 Å². The maximum Gasteiger partial charge on any atom is -0.00201 e. The molecule has 1 aliphatic rings. The molecular formula is C50H36. The van der Waals surface area contributed by atoms with Crippen molar-refractivity contribution in [1.29, 1.82) is 0 Å². The highest BCUT2D eigenvalue weighted by atomic mass is 14.3. The quantitative estimate of drug-likeness (QED) is 0.169. The predicted octanol–water partition coefficient (Wildman–Crippen LogP) is 14.2. The van der Waals surface area contributed by atoms with Crippen LogP contribution in [0.1, 0.15) is 26.3 Å². The fourth-order valence-corrected chi connectivity index (χ4v) is 8.49. The third-order valence-corrected chi connectivity index (χ3v) is 11.0. The Balaban J connectivity index is 1.19. The Morgan fingerprint density at radius 2 is 0.860 bits per heavy atom. The van der Waals surface area contributed by atoms with Gasteiger partial charge in [-0.05, 0) is 122 Å². The van der Waals surface area contributed by atoms with Crippen molar-refractivity contribution >= 4 is 43.1 Å². The summed E-state index contributed by atoms with van der Waals surface area (Å²) in [5.41, 5.74) is 14.3. The van der Waals surface area contributed by atoms with E-state index >= 15 is 0 Å². The van der Waals surface area contributed by atoms with E-state index in [0.29, 0.717) is 0 Å². The molecule has 0 spiro atoms. The normalized spacial score (nSPS) is 12.3. The lowest BCUT2D eigenvalue weighted by molar-refractivity contribution is 0.591. The Kier molecular flexibility index (Phi) is 6.24. The van der Waals surface area contributed by atoms with E-state index in [4.69, 9.17) is 0 Å². The molecule has 9 aromatic rings. The van der Waals surface area contributed by atoms with Crippen molar-refractivity contribution in [2.75, 3.05) is 0 Å². The van der Waals surface area contributed by atoms with Crippen LogP contribution < -0.4 is 0 Å². The molecule has 0 N–H and O–H groups in total. The largest absolute Gasteiger partial charge is 0.0616 e. The molecule has 0 fully saturated rings. The number of benzene rings is 9. The van der Waals surface area contributed by atoms with Crippen molar-refractivity contribution in [2.24, 2.45) is 0 Å². The fourth-order valence-electron chi connectivity index (χ4n) is 8.49. The Morgan fingerprint density at radius 3 is 1.60 bits per heavy atom. The average Bonchev–Trinajstić information content (AvgIpc) is 3.48. The number of hydrogen-bond acceptors (Lipinski definition) is 0. The second kappa shape index (κ2) is 10.8. The minimum atomic E-state index is 0.0273. The highest BCUT2D eigenvalue weighted by Gasteiger charge is 2.23. The van der Waals surface area contributed by atoms with Crippen LogP contribution in [-0.2, 0) is 5.41 Å². The first kappa shape index (κ1) is 29.0. The Labute approximate surface area is 293 Å². The molecule has 50 heavy (non-hydrogen) atoms. The molecule has 0 nitrogen and oxygen atoms in total. The summed E-state index contributed by atoms with van der Waals surface area (Å²) in [7, 11) is 0. The topological polar surface area (TPSA) is 0 Å². The molecule has 0 atom stereocenters. The van der Waals surface area contributed by atoms with E-state index < -0.39 is 0 Å². The number of rotatable bonds is 3. The van der Waals surface area contributed by atoms with Gasteiger partial charge in [0.05, 0.1) is 0 Å². The second-order valence-corrected chi connectivity index (χ2v) is 14.9. The number of fused-ring (bicyclic) bond motifs is 6. The highest BCUT2D eigenvalue weighted by Crippen LogP contribution is 2.50. The summed E-state index contributed by atoms with van der Waals surface area (Å²) < 4.78 is 0. The molecule has 0 saturated heterocycles. The van der Waals surface area contributed by atoms with E-state index in [0.717, 1.165) is 0 Å². The molecule has 236 valence electrons. The molecule has 0 saturated carbocycles. The van der Waals surface area contributed by atoms with Gasteiger partial charge in [-0.2, -0.15) is 0 Å². The highest BCUT2D eigenvalue weighted by molar-refractivity contribution is 6.22. The molecule has 1 aliphatic carbocycles. The summed E-state index contributed by atoms with van der Waals surface area (Å²) in [4.78, 5) is 0. The molecule has 0 amide bonds. The standard InChI is InChI=1S/C50H36/c1-50(2,3)36-25-26-45-46(30-36)47(42-15-8-9-16-43(42)48(45)35-24-19-31-11-4-5-12-34(31)29-35)33-22-20-32(21-23-33)37-27-28-44-39-14-7-6-13-38(39)41-18-10-17-40(37)49(41)44/h4-30H,1-3H3. The molecule has 0 heteroatoms. The summed E-state index contributed by atoms with van der Waals surface area (Å²) in [6, 6.07) is 61.3. The zero-order chi connectivity index (χ0) is 33.6. The number of hydrogen-bond donors (Lipinski definition) is 0. The molecule has 0 unspecified atom stereocenters. The van der Waals surface area contributed by atoms with Gasteiger partial charge in [0.25, 0.3) is 0 Å². The van der Waals surface area contributed by atoms with Crippen molar-refractivity contribution in [1.82, 2.24) is 0 Å². The lowest BCUT2D eigenvalue weighted by atomic mass is 9.81. The predicted molar refractivity (Wildman–Crippen MR) is 216 cm³/mol. The van der Waals surface area contributed by atoms with E-state index in [1.54, 1.807) is 0 Å². The van der Waals surface area contributed by atoms with Gasteiger partial charge in [-0.25, -0.2) is 0 Å². The van der Waals surface area contributed by atoms with Crippen LogP contribution in [0.2, 0.25) is 0 Å². The molecule has 0 aromatic heterocycles. The van der Waals surface area contributed by atoms with Crippen LogP contribution in [0.4, 0.5) is 0 Å². The SMILES string of the molecule is CC(C)(C)c1ccc2c(-c3ccc4ccccc4c3)c3ccccc3c(-c3ccc(-c4ccc5c6c(cccc46)-c4ccccc4-5)cc3)c2c1. The first-order chi connectivity index (χ1) is 24.4. The van der Waals surface area contributed by atoms with Gasteiger partial charge in [0.2, 0.25) is 0 Å². The van der Waals surface area contributed by atoms with E-state index in [-0.39, 0.29) is 5.41 Å². The van der Waals surface area contributed by atoms with Crippen LogP contribution >= 0.6 is 0 Å². The molecule has 0 heterocycles. The van der Waals surface area contributed by atoms with Crippen molar-refractivity contribution in [3.8, 4) is 55.6 Å². The van der Waals surface area contributed by atoms with Crippen LogP contribution in [0.25, 0.3) is 98.7 Å². The summed E-state index contributed by atoms with van der Waals surface area (Å²) >= 11 is 0. The van der Waals surface area contributed by atoms with E-state index in [1.165, 1.54) is 104 Å². The molecule has 0 bridgehead atoms. The Hall–Kier alpha value is -5.98. The maximum atomic E-state index is 2.45. The first-order valence-corrected chi connectivity index (χ1v) is 17.7. The van der Waals surface area contributed by atoms with Crippen molar-refractivity contribution in [2.45, 2.75) is 26.2 Å².